The van der Waals surface area contributed by atoms with Crippen molar-refractivity contribution in [2.45, 2.75) is 25.0 Å². The Labute approximate surface area is 131 Å². The van der Waals surface area contributed by atoms with E-state index in [9.17, 15) is 8.42 Å². The first-order chi connectivity index (χ1) is 10.5. The van der Waals surface area contributed by atoms with Crippen molar-refractivity contribution < 1.29 is 13.2 Å². The molecule has 0 radical (unpaired) electrons. The zero-order valence-corrected chi connectivity index (χ0v) is 13.7. The Balaban J connectivity index is 1.50. The molecule has 1 atom stereocenters. The summed E-state index contributed by atoms with van der Waals surface area (Å²) in [6.45, 7) is 3.94. The molecular weight excluding hydrogens is 302 g/mol. The standard InChI is InChI=1S/C15H23N3O3S/c1-22(19,20)17-8-5-13-6-9-21-15(13)11-18(12-15)10-14-4-2-3-7-16-14/h2-4,7,13,17H,5-6,8-12H2,1H3. The third kappa shape index (κ3) is 3.65. The molecule has 122 valence electrons. The van der Waals surface area contributed by atoms with E-state index in [1.807, 2.05) is 24.4 Å². The molecule has 0 amide bonds. The highest BCUT2D eigenvalue weighted by Gasteiger charge is 2.52. The Morgan fingerprint density at radius 3 is 2.95 bits per heavy atom. The lowest BCUT2D eigenvalue weighted by atomic mass is 9.79. The van der Waals surface area contributed by atoms with Gasteiger partial charge < -0.3 is 4.74 Å². The van der Waals surface area contributed by atoms with Crippen molar-refractivity contribution in [3.63, 3.8) is 0 Å². The predicted octanol–water partition coefficient (Wildman–Crippen LogP) is 0.612. The highest BCUT2D eigenvalue weighted by atomic mass is 32.2. The van der Waals surface area contributed by atoms with Gasteiger partial charge in [-0.1, -0.05) is 6.07 Å². The Bertz CT molecular complexity index is 600. The van der Waals surface area contributed by atoms with Gasteiger partial charge >= 0.3 is 0 Å². The number of nitrogens with one attached hydrogen (secondary N) is 1. The van der Waals surface area contributed by atoms with E-state index in [0.29, 0.717) is 12.5 Å². The van der Waals surface area contributed by atoms with Crippen LogP contribution in [-0.4, -0.2) is 56.4 Å². The van der Waals surface area contributed by atoms with Gasteiger partial charge in [0, 0.05) is 39.0 Å². The van der Waals surface area contributed by atoms with Gasteiger partial charge in [-0.3, -0.25) is 9.88 Å². The van der Waals surface area contributed by atoms with E-state index < -0.39 is 10.0 Å². The molecule has 1 unspecified atom stereocenters. The molecule has 7 heteroatoms. The minimum Gasteiger partial charge on any atom is -0.372 e. The number of hydrogen-bond acceptors (Lipinski definition) is 5. The number of pyridine rings is 1. The van der Waals surface area contributed by atoms with Gasteiger partial charge in [0.2, 0.25) is 10.0 Å². The molecule has 6 nitrogen and oxygen atoms in total. The van der Waals surface area contributed by atoms with Crippen molar-refractivity contribution >= 4 is 10.0 Å². The fraction of sp³-hybridized carbons (Fsp3) is 0.667. The molecule has 1 N–H and O–H groups in total. The summed E-state index contributed by atoms with van der Waals surface area (Å²) in [4.78, 5) is 6.69. The molecule has 22 heavy (non-hydrogen) atoms. The van der Waals surface area contributed by atoms with Gasteiger partial charge in [0.15, 0.2) is 0 Å². The summed E-state index contributed by atoms with van der Waals surface area (Å²) in [5.41, 5.74) is 0.999. The van der Waals surface area contributed by atoms with Crippen LogP contribution >= 0.6 is 0 Å². The third-order valence-electron chi connectivity index (χ3n) is 4.55. The average Bonchev–Trinajstić information content (AvgIpc) is 2.82. The van der Waals surface area contributed by atoms with Crippen LogP contribution < -0.4 is 4.72 Å². The molecule has 0 saturated carbocycles. The van der Waals surface area contributed by atoms with Gasteiger partial charge in [-0.2, -0.15) is 0 Å². The van der Waals surface area contributed by atoms with Crippen LogP contribution in [0.2, 0.25) is 0 Å². The van der Waals surface area contributed by atoms with E-state index in [2.05, 4.69) is 14.6 Å². The van der Waals surface area contributed by atoms with Gasteiger partial charge in [-0.05, 0) is 30.9 Å². The zero-order chi connectivity index (χ0) is 15.6. The summed E-state index contributed by atoms with van der Waals surface area (Å²) in [6, 6.07) is 5.96. The molecule has 3 heterocycles. The van der Waals surface area contributed by atoms with Crippen molar-refractivity contribution in [3.05, 3.63) is 30.1 Å². The number of ether oxygens (including phenoxy) is 1. The average molecular weight is 325 g/mol. The fourth-order valence-electron chi connectivity index (χ4n) is 3.50. The largest absolute Gasteiger partial charge is 0.372 e. The highest BCUT2D eigenvalue weighted by molar-refractivity contribution is 7.88. The van der Waals surface area contributed by atoms with Gasteiger partial charge in [0.1, 0.15) is 0 Å². The van der Waals surface area contributed by atoms with Crippen molar-refractivity contribution in [1.82, 2.24) is 14.6 Å². The molecule has 2 fully saturated rings. The topological polar surface area (TPSA) is 71.5 Å². The summed E-state index contributed by atoms with van der Waals surface area (Å²) in [5.74, 6) is 0.432. The van der Waals surface area contributed by atoms with Crippen LogP contribution in [0.15, 0.2) is 24.4 Å². The van der Waals surface area contributed by atoms with Crippen molar-refractivity contribution in [3.8, 4) is 0 Å². The SMILES string of the molecule is CS(=O)(=O)NCCC1CCOC12CN(Cc1ccccn1)C2. The summed E-state index contributed by atoms with van der Waals surface area (Å²) in [6.07, 6.45) is 4.87. The third-order valence-corrected chi connectivity index (χ3v) is 5.28. The van der Waals surface area contributed by atoms with Crippen LogP contribution in [0.3, 0.4) is 0 Å². The maximum atomic E-state index is 11.1. The van der Waals surface area contributed by atoms with E-state index in [4.69, 9.17) is 4.74 Å². The van der Waals surface area contributed by atoms with Crippen LogP contribution in [-0.2, 0) is 21.3 Å². The van der Waals surface area contributed by atoms with Gasteiger partial charge in [-0.15, -0.1) is 0 Å². The zero-order valence-electron chi connectivity index (χ0n) is 12.9. The normalized spacial score (nSPS) is 24.5. The lowest BCUT2D eigenvalue weighted by molar-refractivity contribution is -0.137. The molecular formula is C15H23N3O3S. The maximum absolute atomic E-state index is 11.1. The van der Waals surface area contributed by atoms with Crippen LogP contribution in [0.1, 0.15) is 18.5 Å². The van der Waals surface area contributed by atoms with Gasteiger partial charge in [0.25, 0.3) is 0 Å². The second-order valence-corrected chi connectivity index (χ2v) is 8.15. The number of rotatable bonds is 6. The lowest BCUT2D eigenvalue weighted by Gasteiger charge is -2.50. The first-order valence-corrected chi connectivity index (χ1v) is 9.57. The molecule has 2 aliphatic rings. The smallest absolute Gasteiger partial charge is 0.208 e. The number of aromatic nitrogens is 1. The highest BCUT2D eigenvalue weighted by Crippen LogP contribution is 2.41. The quantitative estimate of drug-likeness (QED) is 0.830. The molecule has 0 bridgehead atoms. The predicted molar refractivity (Wildman–Crippen MR) is 83.8 cm³/mol. The molecule has 0 aliphatic carbocycles. The molecule has 1 spiro atoms. The minimum atomic E-state index is -3.10. The number of sulfonamides is 1. The van der Waals surface area contributed by atoms with Gasteiger partial charge in [0.05, 0.1) is 17.6 Å². The summed E-state index contributed by atoms with van der Waals surface area (Å²) < 4.78 is 30.9. The minimum absolute atomic E-state index is 0.0754. The number of hydrogen-bond donors (Lipinski definition) is 1. The monoisotopic (exact) mass is 325 g/mol. The Hall–Kier alpha value is -1.02. The maximum Gasteiger partial charge on any atom is 0.208 e. The Morgan fingerprint density at radius 1 is 1.45 bits per heavy atom. The summed E-state index contributed by atoms with van der Waals surface area (Å²) in [5, 5.41) is 0. The number of nitrogens with zero attached hydrogens (tertiary/aromatic N) is 2. The van der Waals surface area contributed by atoms with Crippen LogP contribution in [0, 0.1) is 5.92 Å². The molecule has 3 rings (SSSR count). The van der Waals surface area contributed by atoms with Crippen molar-refractivity contribution in [2.75, 3.05) is 32.5 Å². The fourth-order valence-corrected chi connectivity index (χ4v) is 3.99. The van der Waals surface area contributed by atoms with E-state index in [0.717, 1.165) is 44.8 Å². The summed E-state index contributed by atoms with van der Waals surface area (Å²) in [7, 11) is -3.10. The van der Waals surface area contributed by atoms with Crippen molar-refractivity contribution in [2.24, 2.45) is 5.92 Å². The summed E-state index contributed by atoms with van der Waals surface area (Å²) >= 11 is 0. The van der Waals surface area contributed by atoms with E-state index in [1.165, 1.54) is 6.26 Å². The molecule has 2 saturated heterocycles. The van der Waals surface area contributed by atoms with Crippen molar-refractivity contribution in [1.29, 1.82) is 0 Å². The second kappa shape index (κ2) is 6.23. The Morgan fingerprint density at radius 2 is 2.27 bits per heavy atom. The first kappa shape index (κ1) is 15.9. The molecule has 1 aromatic rings. The molecule has 1 aromatic heterocycles. The van der Waals surface area contributed by atoms with E-state index in [1.54, 1.807) is 0 Å². The van der Waals surface area contributed by atoms with E-state index in [-0.39, 0.29) is 5.60 Å². The number of likely N-dealkylation sites (tertiary alicyclic amines) is 1. The van der Waals surface area contributed by atoms with E-state index >= 15 is 0 Å². The molecule has 2 aliphatic heterocycles. The first-order valence-electron chi connectivity index (χ1n) is 7.68. The van der Waals surface area contributed by atoms with Crippen LogP contribution in [0.5, 0.6) is 0 Å². The van der Waals surface area contributed by atoms with Crippen LogP contribution in [0.4, 0.5) is 0 Å². The lowest BCUT2D eigenvalue weighted by Crippen LogP contribution is -2.64. The Kier molecular flexibility index (Phi) is 4.49. The van der Waals surface area contributed by atoms with Gasteiger partial charge in [-0.25, -0.2) is 13.1 Å². The molecule has 0 aromatic carbocycles. The van der Waals surface area contributed by atoms with Crippen LogP contribution in [0.25, 0.3) is 0 Å². The second-order valence-electron chi connectivity index (χ2n) is 6.32.